The number of hydrogen-bond donors (Lipinski definition) is 3. The standard InChI is InChI=1S/C50H58FN3O10/c1-29-21-42-50(64-46(2,3)63-42,48(29,5)25-40(56)49(51)17-6-7-34-23-36(55)14-18-47(34,49)4)41(57)28-62-45(60)38-24-37(38)44(59)61-20-16-30-8-10-31(11-9-30)39(26-52)43(58)54-35-13-12-33-27-53-19-15-32(33)22-35/h8-15,18-19,22-23,27,29,37-40,42,56H,6-7,16-17,20-21,24-26,28,52H2,1-5H3,(H,54,58)/t29-,37?,38?,39?,40+,42-,47+,48+,49+,50-/m1/s1. The normalized spacial score (nSPS) is 32.2. The number of aliphatic hydroxyl groups excluding tert-OH is 1. The summed E-state index contributed by atoms with van der Waals surface area (Å²) < 4.78 is 41.4. The van der Waals surface area contributed by atoms with Crippen molar-refractivity contribution >= 4 is 45.9 Å². The molecule has 1 aliphatic heterocycles. The van der Waals surface area contributed by atoms with Crippen LogP contribution in [0.4, 0.5) is 10.1 Å². The summed E-state index contributed by atoms with van der Waals surface area (Å²) >= 11 is 0. The number of ether oxygens (including phenoxy) is 4. The van der Waals surface area contributed by atoms with Crippen LogP contribution < -0.4 is 11.1 Å². The van der Waals surface area contributed by atoms with Crippen molar-refractivity contribution in [3.05, 3.63) is 95.9 Å². The number of Topliss-reactive ketones (excluding diaryl/α,β-unsaturated/α-hetero) is 1. The highest BCUT2D eigenvalue weighted by atomic mass is 19.1. The molecular formula is C50H58FN3O10. The number of fused-ring (bicyclic) bond motifs is 3. The first kappa shape index (κ1) is 45.4. The van der Waals surface area contributed by atoms with Gasteiger partial charge in [0.2, 0.25) is 11.7 Å². The zero-order chi connectivity index (χ0) is 45.8. The number of alkyl halides is 1. The van der Waals surface area contributed by atoms with Gasteiger partial charge in [0.05, 0.1) is 36.6 Å². The first-order chi connectivity index (χ1) is 30.3. The van der Waals surface area contributed by atoms with Crippen LogP contribution in [-0.2, 0) is 49.3 Å². The van der Waals surface area contributed by atoms with Gasteiger partial charge >= 0.3 is 11.9 Å². The zero-order valence-corrected chi connectivity index (χ0v) is 37.1. The summed E-state index contributed by atoms with van der Waals surface area (Å²) in [5.41, 5.74) is 2.77. The molecule has 1 amide bonds. The number of anilines is 1. The Bertz CT molecular complexity index is 2420. The lowest BCUT2D eigenvalue weighted by Gasteiger charge is -2.52. The Morgan fingerprint density at radius 3 is 2.47 bits per heavy atom. The molecule has 0 radical (unpaired) electrons. The van der Waals surface area contributed by atoms with Gasteiger partial charge in [-0.25, -0.2) is 4.39 Å². The van der Waals surface area contributed by atoms with Crippen LogP contribution in [0, 0.1) is 28.6 Å². The van der Waals surface area contributed by atoms with Crippen LogP contribution in [0.3, 0.4) is 0 Å². The fourth-order valence-corrected chi connectivity index (χ4v) is 10.9. The van der Waals surface area contributed by atoms with Crippen LogP contribution in [0.15, 0.2) is 84.7 Å². The maximum absolute atomic E-state index is 17.4. The van der Waals surface area contributed by atoms with E-state index in [1.54, 1.807) is 46.2 Å². The average Bonchev–Trinajstić information content (AvgIpc) is 3.98. The van der Waals surface area contributed by atoms with Gasteiger partial charge in [-0.1, -0.05) is 55.8 Å². The highest BCUT2D eigenvalue weighted by Gasteiger charge is 2.73. The van der Waals surface area contributed by atoms with E-state index in [4.69, 9.17) is 24.7 Å². The van der Waals surface area contributed by atoms with Crippen molar-refractivity contribution < 1.29 is 52.4 Å². The zero-order valence-electron chi connectivity index (χ0n) is 37.1. The molecule has 340 valence electrons. The van der Waals surface area contributed by atoms with Crippen molar-refractivity contribution in [3.63, 3.8) is 0 Å². The Hall–Kier alpha value is -5.15. The minimum Gasteiger partial charge on any atom is -0.465 e. The van der Waals surface area contributed by atoms with Gasteiger partial charge in [-0.15, -0.1) is 0 Å². The van der Waals surface area contributed by atoms with Crippen LogP contribution in [0.5, 0.6) is 0 Å². The summed E-state index contributed by atoms with van der Waals surface area (Å²) in [4.78, 5) is 70.3. The molecule has 2 heterocycles. The molecule has 0 spiro atoms. The monoisotopic (exact) mass is 879 g/mol. The number of amides is 1. The van der Waals surface area contributed by atoms with E-state index < -0.39 is 82.2 Å². The number of benzene rings is 2. The number of carbonyl (C=O) groups is 5. The number of allylic oxidation sites excluding steroid dienone is 4. The third-order valence-corrected chi connectivity index (χ3v) is 15.0. The van der Waals surface area contributed by atoms with Gasteiger partial charge in [-0.2, -0.15) is 0 Å². The number of aromatic nitrogens is 1. The molecule has 3 unspecified atom stereocenters. The molecule has 14 heteroatoms. The van der Waals surface area contributed by atoms with E-state index in [9.17, 15) is 29.1 Å². The smallest absolute Gasteiger partial charge is 0.310 e. The number of nitrogens with two attached hydrogens (primary N) is 1. The number of rotatable bonds is 15. The lowest BCUT2D eigenvalue weighted by atomic mass is 9.56. The van der Waals surface area contributed by atoms with Crippen LogP contribution >= 0.6 is 0 Å². The lowest BCUT2D eigenvalue weighted by Crippen LogP contribution is -2.61. The predicted molar refractivity (Wildman–Crippen MR) is 234 cm³/mol. The molecule has 0 bridgehead atoms. The first-order valence-corrected chi connectivity index (χ1v) is 22.3. The number of aliphatic hydroxyl groups is 1. The molecule has 1 aromatic heterocycles. The Balaban J connectivity index is 0.844. The topological polar surface area (TPSA) is 193 Å². The summed E-state index contributed by atoms with van der Waals surface area (Å²) in [6.45, 7) is 8.32. The fourth-order valence-electron chi connectivity index (χ4n) is 10.9. The first-order valence-electron chi connectivity index (χ1n) is 22.3. The third-order valence-electron chi connectivity index (χ3n) is 15.0. The summed E-state index contributed by atoms with van der Waals surface area (Å²) in [7, 11) is 0. The molecule has 4 aliphatic carbocycles. The molecule has 4 N–H and O–H groups in total. The molecule has 4 fully saturated rings. The number of halogens is 1. The highest BCUT2D eigenvalue weighted by Crippen LogP contribution is 2.64. The fraction of sp³-hybridized carbons (Fsp3) is 0.520. The van der Waals surface area contributed by atoms with Gasteiger partial charge in [0.25, 0.3) is 0 Å². The largest absolute Gasteiger partial charge is 0.465 e. The van der Waals surface area contributed by atoms with E-state index >= 15 is 4.39 Å². The number of ketones is 2. The molecule has 10 atom stereocenters. The van der Waals surface area contributed by atoms with Crippen LogP contribution in [-0.4, -0.2) is 88.5 Å². The van der Waals surface area contributed by atoms with Crippen molar-refractivity contribution in [3.8, 4) is 0 Å². The van der Waals surface area contributed by atoms with Gasteiger partial charge in [0.15, 0.2) is 23.8 Å². The van der Waals surface area contributed by atoms with Crippen molar-refractivity contribution in [2.75, 3.05) is 25.1 Å². The molecule has 1 saturated heterocycles. The van der Waals surface area contributed by atoms with E-state index in [0.717, 1.165) is 21.9 Å². The molecule has 13 nitrogen and oxygen atoms in total. The summed E-state index contributed by atoms with van der Waals surface area (Å²) in [5.74, 6) is -5.79. The van der Waals surface area contributed by atoms with E-state index in [0.29, 0.717) is 36.9 Å². The minimum absolute atomic E-state index is 0.0674. The highest BCUT2D eigenvalue weighted by molar-refractivity contribution is 6.01. The minimum atomic E-state index is -2.13. The van der Waals surface area contributed by atoms with Crippen molar-refractivity contribution in [2.24, 2.45) is 34.3 Å². The molecule has 5 aliphatic rings. The van der Waals surface area contributed by atoms with E-state index in [1.807, 2.05) is 55.5 Å². The van der Waals surface area contributed by atoms with Gasteiger partial charge in [0, 0.05) is 47.3 Å². The number of nitrogens with one attached hydrogen (secondary N) is 1. The summed E-state index contributed by atoms with van der Waals surface area (Å²) in [5, 5.41) is 16.8. The molecule has 3 saturated carbocycles. The molecule has 8 rings (SSSR count). The van der Waals surface area contributed by atoms with Gasteiger partial charge in [-0.05, 0) is 112 Å². The van der Waals surface area contributed by atoms with Gasteiger partial charge in [-0.3, -0.25) is 29.0 Å². The number of esters is 2. The second-order valence-corrected chi connectivity index (χ2v) is 19.3. The predicted octanol–water partition coefficient (Wildman–Crippen LogP) is 6.40. The summed E-state index contributed by atoms with van der Waals surface area (Å²) in [6.07, 6.45) is 7.46. The number of pyridine rings is 1. The van der Waals surface area contributed by atoms with E-state index in [1.165, 1.54) is 12.2 Å². The molecule has 3 aromatic rings. The van der Waals surface area contributed by atoms with Crippen molar-refractivity contribution in [2.45, 2.75) is 115 Å². The Morgan fingerprint density at radius 2 is 1.73 bits per heavy atom. The number of hydrogen-bond acceptors (Lipinski definition) is 12. The van der Waals surface area contributed by atoms with Crippen molar-refractivity contribution in [1.82, 2.24) is 4.98 Å². The lowest BCUT2D eigenvalue weighted by molar-refractivity contribution is -0.211. The second-order valence-electron chi connectivity index (χ2n) is 19.3. The average molecular weight is 880 g/mol. The Kier molecular flexibility index (Phi) is 12.1. The Labute approximate surface area is 372 Å². The molecular weight excluding hydrogens is 822 g/mol. The second kappa shape index (κ2) is 17.0. The van der Waals surface area contributed by atoms with E-state index in [2.05, 4.69) is 10.3 Å². The van der Waals surface area contributed by atoms with Crippen LogP contribution in [0.2, 0.25) is 0 Å². The Morgan fingerprint density at radius 1 is 1.00 bits per heavy atom. The van der Waals surface area contributed by atoms with Gasteiger partial charge < -0.3 is 35.1 Å². The quantitative estimate of drug-likeness (QED) is 0.143. The number of carbonyl (C=O) groups excluding carboxylic acids is 5. The molecule has 64 heavy (non-hydrogen) atoms. The molecule has 2 aromatic carbocycles. The number of nitrogens with zero attached hydrogens (tertiary/aromatic N) is 1. The van der Waals surface area contributed by atoms with Crippen LogP contribution in [0.1, 0.15) is 90.2 Å². The van der Waals surface area contributed by atoms with Crippen molar-refractivity contribution in [1.29, 1.82) is 0 Å². The van der Waals surface area contributed by atoms with Gasteiger partial charge in [0.1, 0.15) is 5.67 Å². The third kappa shape index (κ3) is 8.00. The maximum Gasteiger partial charge on any atom is 0.310 e. The summed E-state index contributed by atoms with van der Waals surface area (Å²) in [6, 6.07) is 14.8. The SMILES string of the molecule is C[C@@H]1C[C@H]2OC(C)(C)O[C@@]2(C(=O)COC(=O)C2CC2C(=O)OCCc2ccc(C(CN)C(=O)Nc3ccc4cnccc4c3)cc2)[C@@]1(C)C[C@H](O)[C@@]1(F)CCCC2=CC(=O)C=C[C@@]21C. The van der Waals surface area contributed by atoms with E-state index in [-0.39, 0.29) is 50.0 Å². The maximum atomic E-state index is 17.4. The van der Waals surface area contributed by atoms with Crippen LogP contribution in [0.25, 0.3) is 10.8 Å².